The van der Waals surface area contributed by atoms with Crippen molar-refractivity contribution < 1.29 is 14.4 Å². The van der Waals surface area contributed by atoms with Crippen molar-refractivity contribution in [1.29, 1.82) is 0 Å². The summed E-state index contributed by atoms with van der Waals surface area (Å²) in [7, 11) is 0. The fraction of sp³-hybridized carbons (Fsp3) is 0.158. The number of rotatable bonds is 3. The number of carbonyl (C=O) groups excluding carboxylic acids is 3. The number of imidazole rings is 1. The summed E-state index contributed by atoms with van der Waals surface area (Å²) in [6.45, 7) is 0. The third kappa shape index (κ3) is 2.95. The standard InChI is InChI=1S/C19H16N4O3/c24-17-10-9-15(19(26)22-17)21-18(25)12-5-7-13(8-6-12)23-11-20-14-3-1-2-4-16(14)23/h1-8,11,15H,9-10H2,(H,21,25)(H,22,24,26). The van der Waals surface area contributed by atoms with Crippen LogP contribution in [0.5, 0.6) is 0 Å². The Kier molecular flexibility index (Phi) is 3.96. The fourth-order valence-corrected chi connectivity index (χ4v) is 3.01. The Morgan fingerprint density at radius 1 is 1.12 bits per heavy atom. The van der Waals surface area contributed by atoms with Gasteiger partial charge in [-0.15, -0.1) is 0 Å². The molecule has 1 aliphatic rings. The van der Waals surface area contributed by atoms with Crippen LogP contribution in [0.4, 0.5) is 0 Å². The van der Waals surface area contributed by atoms with Crippen molar-refractivity contribution in [3.8, 4) is 5.69 Å². The number of nitrogens with zero attached hydrogens (tertiary/aromatic N) is 2. The molecule has 1 aliphatic heterocycles. The molecule has 1 atom stereocenters. The lowest BCUT2D eigenvalue weighted by molar-refractivity contribution is -0.134. The second-order valence-electron chi connectivity index (χ2n) is 6.13. The fourth-order valence-electron chi connectivity index (χ4n) is 3.01. The van der Waals surface area contributed by atoms with Crippen LogP contribution in [0.2, 0.25) is 0 Å². The van der Waals surface area contributed by atoms with Gasteiger partial charge in [0, 0.05) is 17.7 Å². The lowest BCUT2D eigenvalue weighted by Gasteiger charge is -2.21. The first-order valence-corrected chi connectivity index (χ1v) is 8.29. The maximum atomic E-state index is 12.4. The predicted octanol–water partition coefficient (Wildman–Crippen LogP) is 1.56. The molecule has 2 N–H and O–H groups in total. The van der Waals surface area contributed by atoms with Gasteiger partial charge >= 0.3 is 0 Å². The van der Waals surface area contributed by atoms with Crippen LogP contribution in [0.3, 0.4) is 0 Å². The summed E-state index contributed by atoms with van der Waals surface area (Å²) in [5.41, 5.74) is 3.21. The molecule has 1 saturated heterocycles. The molecule has 3 aromatic rings. The van der Waals surface area contributed by atoms with Gasteiger partial charge in [0.25, 0.3) is 5.91 Å². The van der Waals surface area contributed by atoms with Crippen molar-refractivity contribution in [3.05, 3.63) is 60.4 Å². The number of nitrogens with one attached hydrogen (secondary N) is 2. The van der Waals surface area contributed by atoms with Crippen molar-refractivity contribution in [3.63, 3.8) is 0 Å². The summed E-state index contributed by atoms with van der Waals surface area (Å²) >= 11 is 0. The Hall–Kier alpha value is -3.48. The lowest BCUT2D eigenvalue weighted by Crippen LogP contribution is -2.52. The Labute approximate surface area is 149 Å². The smallest absolute Gasteiger partial charge is 0.251 e. The maximum absolute atomic E-state index is 12.4. The molecule has 2 heterocycles. The van der Waals surface area contributed by atoms with Crippen LogP contribution in [0, 0.1) is 0 Å². The average molecular weight is 348 g/mol. The molecule has 7 nitrogen and oxygen atoms in total. The molecule has 7 heteroatoms. The summed E-state index contributed by atoms with van der Waals surface area (Å²) in [6, 6.07) is 14.2. The highest BCUT2D eigenvalue weighted by molar-refractivity contribution is 6.03. The minimum absolute atomic E-state index is 0.226. The van der Waals surface area contributed by atoms with E-state index >= 15 is 0 Å². The summed E-state index contributed by atoms with van der Waals surface area (Å²) in [6.07, 6.45) is 2.28. The lowest BCUT2D eigenvalue weighted by atomic mass is 10.1. The first-order chi connectivity index (χ1) is 12.6. The van der Waals surface area contributed by atoms with Gasteiger partial charge in [0.15, 0.2) is 0 Å². The third-order valence-electron chi connectivity index (χ3n) is 4.41. The number of hydrogen-bond donors (Lipinski definition) is 2. The van der Waals surface area contributed by atoms with E-state index in [1.807, 2.05) is 41.0 Å². The number of carbonyl (C=O) groups is 3. The second kappa shape index (κ2) is 6.44. The molecule has 0 aliphatic carbocycles. The summed E-state index contributed by atoms with van der Waals surface area (Å²) in [5.74, 6) is -1.12. The average Bonchev–Trinajstić information content (AvgIpc) is 3.08. The van der Waals surface area contributed by atoms with Crippen molar-refractivity contribution >= 4 is 28.8 Å². The third-order valence-corrected chi connectivity index (χ3v) is 4.41. The molecule has 0 spiro atoms. The minimum Gasteiger partial charge on any atom is -0.340 e. The molecule has 3 amide bonds. The maximum Gasteiger partial charge on any atom is 0.251 e. The van der Waals surface area contributed by atoms with Gasteiger partial charge in [0.05, 0.1) is 11.0 Å². The van der Waals surface area contributed by atoms with E-state index in [1.165, 1.54) is 0 Å². The summed E-state index contributed by atoms with van der Waals surface area (Å²) in [4.78, 5) is 39.6. The summed E-state index contributed by atoms with van der Waals surface area (Å²) < 4.78 is 1.94. The van der Waals surface area contributed by atoms with Gasteiger partial charge in [-0.1, -0.05) is 12.1 Å². The van der Waals surface area contributed by atoms with Gasteiger partial charge in [-0.2, -0.15) is 0 Å². The zero-order chi connectivity index (χ0) is 18.1. The molecule has 0 saturated carbocycles. The van der Waals surface area contributed by atoms with E-state index in [0.717, 1.165) is 16.7 Å². The second-order valence-corrected chi connectivity index (χ2v) is 6.13. The Morgan fingerprint density at radius 2 is 1.88 bits per heavy atom. The van der Waals surface area contributed by atoms with E-state index in [9.17, 15) is 14.4 Å². The topological polar surface area (TPSA) is 93.1 Å². The van der Waals surface area contributed by atoms with E-state index in [-0.39, 0.29) is 18.2 Å². The Bertz CT molecular complexity index is 1010. The van der Waals surface area contributed by atoms with Crippen molar-refractivity contribution in [2.45, 2.75) is 18.9 Å². The van der Waals surface area contributed by atoms with Gasteiger partial charge in [-0.25, -0.2) is 4.98 Å². The molecule has 130 valence electrons. The molecule has 1 unspecified atom stereocenters. The molecule has 1 fully saturated rings. The number of aromatic nitrogens is 2. The van der Waals surface area contributed by atoms with E-state index in [0.29, 0.717) is 12.0 Å². The monoisotopic (exact) mass is 348 g/mol. The van der Waals surface area contributed by atoms with Gasteiger partial charge in [0.2, 0.25) is 11.8 Å². The number of hydrogen-bond acceptors (Lipinski definition) is 4. The van der Waals surface area contributed by atoms with Gasteiger partial charge in [-0.05, 0) is 42.8 Å². The van der Waals surface area contributed by atoms with E-state index in [2.05, 4.69) is 15.6 Å². The van der Waals surface area contributed by atoms with Crippen molar-refractivity contribution in [2.24, 2.45) is 0 Å². The SMILES string of the molecule is O=C1CCC(NC(=O)c2ccc(-n3cnc4ccccc43)cc2)C(=O)N1. The molecular weight excluding hydrogens is 332 g/mol. The van der Waals surface area contributed by atoms with Gasteiger partial charge < -0.3 is 5.32 Å². The highest BCUT2D eigenvalue weighted by Crippen LogP contribution is 2.18. The van der Waals surface area contributed by atoms with E-state index in [4.69, 9.17) is 0 Å². The van der Waals surface area contributed by atoms with Gasteiger partial charge in [-0.3, -0.25) is 24.3 Å². The first kappa shape index (κ1) is 16.0. The molecule has 26 heavy (non-hydrogen) atoms. The van der Waals surface area contributed by atoms with Crippen LogP contribution < -0.4 is 10.6 Å². The van der Waals surface area contributed by atoms with Crippen LogP contribution in [0.15, 0.2) is 54.9 Å². The van der Waals surface area contributed by atoms with Crippen molar-refractivity contribution in [2.75, 3.05) is 0 Å². The Morgan fingerprint density at radius 3 is 2.65 bits per heavy atom. The zero-order valence-corrected chi connectivity index (χ0v) is 13.8. The highest BCUT2D eigenvalue weighted by Gasteiger charge is 2.28. The van der Waals surface area contributed by atoms with Crippen molar-refractivity contribution in [1.82, 2.24) is 20.2 Å². The number of imide groups is 1. The van der Waals surface area contributed by atoms with Crippen LogP contribution >= 0.6 is 0 Å². The summed E-state index contributed by atoms with van der Waals surface area (Å²) in [5, 5.41) is 4.89. The van der Waals surface area contributed by atoms with Crippen LogP contribution in [-0.2, 0) is 9.59 Å². The highest BCUT2D eigenvalue weighted by atomic mass is 16.2. The number of benzene rings is 2. The molecule has 2 aromatic carbocycles. The van der Waals surface area contributed by atoms with E-state index in [1.54, 1.807) is 18.5 Å². The Balaban J connectivity index is 1.51. The number of para-hydroxylation sites is 2. The predicted molar refractivity (Wildman–Crippen MR) is 94.7 cm³/mol. The largest absolute Gasteiger partial charge is 0.340 e. The molecule has 1 aromatic heterocycles. The molecule has 4 rings (SSSR count). The molecular formula is C19H16N4O3. The first-order valence-electron chi connectivity index (χ1n) is 8.29. The van der Waals surface area contributed by atoms with Gasteiger partial charge in [0.1, 0.15) is 12.4 Å². The van der Waals surface area contributed by atoms with Crippen LogP contribution in [0.1, 0.15) is 23.2 Å². The van der Waals surface area contributed by atoms with Crippen LogP contribution in [0.25, 0.3) is 16.7 Å². The molecule has 0 radical (unpaired) electrons. The number of piperidine rings is 1. The quantitative estimate of drug-likeness (QED) is 0.703. The number of amides is 3. The number of fused-ring (bicyclic) bond motifs is 1. The molecule has 0 bridgehead atoms. The normalized spacial score (nSPS) is 17.2. The van der Waals surface area contributed by atoms with E-state index < -0.39 is 11.9 Å². The zero-order valence-electron chi connectivity index (χ0n) is 13.8. The van der Waals surface area contributed by atoms with Crippen LogP contribution in [-0.4, -0.2) is 33.3 Å². The minimum atomic E-state index is -0.683.